The van der Waals surface area contributed by atoms with Crippen molar-refractivity contribution in [3.63, 3.8) is 0 Å². The zero-order valence-electron chi connectivity index (χ0n) is 13.0. The molecule has 0 saturated heterocycles. The molecule has 0 spiro atoms. The van der Waals surface area contributed by atoms with Gasteiger partial charge in [-0.1, -0.05) is 50.2 Å². The lowest BCUT2D eigenvalue weighted by atomic mass is 10.0. The van der Waals surface area contributed by atoms with Crippen LogP contribution in [0.15, 0.2) is 54.6 Å². The van der Waals surface area contributed by atoms with Gasteiger partial charge >= 0.3 is 0 Å². The molecule has 0 radical (unpaired) electrons. The van der Waals surface area contributed by atoms with E-state index in [1.54, 1.807) is 0 Å². The van der Waals surface area contributed by atoms with Crippen LogP contribution in [0, 0.1) is 5.92 Å². The first-order valence-electron chi connectivity index (χ1n) is 7.42. The minimum atomic E-state index is -0.498. The Labute approximate surface area is 131 Å². The van der Waals surface area contributed by atoms with E-state index in [-0.39, 0.29) is 11.8 Å². The molecule has 0 aliphatic rings. The molecule has 116 valence electrons. The fourth-order valence-corrected chi connectivity index (χ4v) is 1.97. The summed E-state index contributed by atoms with van der Waals surface area (Å²) < 4.78 is 5.87. The molecular weight excluding hydrogens is 276 g/mol. The highest BCUT2D eigenvalue weighted by molar-refractivity contribution is 5.81. The fraction of sp³-hybridized carbons (Fsp3) is 0.278. The summed E-state index contributed by atoms with van der Waals surface area (Å²) in [6, 6.07) is 16.7. The van der Waals surface area contributed by atoms with Crippen molar-refractivity contribution in [1.82, 2.24) is 5.32 Å². The van der Waals surface area contributed by atoms with Gasteiger partial charge in [0.25, 0.3) is 0 Å². The van der Waals surface area contributed by atoms with E-state index in [1.165, 1.54) is 0 Å². The van der Waals surface area contributed by atoms with E-state index in [4.69, 9.17) is 10.5 Å². The topological polar surface area (TPSA) is 64.4 Å². The average Bonchev–Trinajstić information content (AvgIpc) is 2.54. The van der Waals surface area contributed by atoms with E-state index in [1.807, 2.05) is 68.4 Å². The van der Waals surface area contributed by atoms with E-state index in [9.17, 15) is 4.79 Å². The second-order valence-corrected chi connectivity index (χ2v) is 5.51. The predicted molar refractivity (Wildman–Crippen MR) is 87.6 cm³/mol. The fourth-order valence-electron chi connectivity index (χ4n) is 1.97. The molecule has 0 unspecified atom stereocenters. The quantitative estimate of drug-likeness (QED) is 0.861. The first kappa shape index (κ1) is 16.0. The minimum Gasteiger partial charge on any atom is -0.457 e. The molecule has 0 aliphatic heterocycles. The van der Waals surface area contributed by atoms with E-state index >= 15 is 0 Å². The van der Waals surface area contributed by atoms with Crippen molar-refractivity contribution in [2.75, 3.05) is 0 Å². The Morgan fingerprint density at radius 2 is 1.73 bits per heavy atom. The first-order chi connectivity index (χ1) is 10.6. The molecule has 2 aromatic rings. The summed E-state index contributed by atoms with van der Waals surface area (Å²) in [4.78, 5) is 12.0. The molecule has 22 heavy (non-hydrogen) atoms. The van der Waals surface area contributed by atoms with E-state index in [2.05, 4.69) is 5.32 Å². The van der Waals surface area contributed by atoms with Gasteiger partial charge in [0.05, 0.1) is 6.04 Å². The molecule has 4 nitrogen and oxygen atoms in total. The molecule has 0 aliphatic carbocycles. The molecule has 0 heterocycles. The maximum Gasteiger partial charge on any atom is 0.237 e. The summed E-state index contributed by atoms with van der Waals surface area (Å²) in [5.74, 6) is 1.45. The highest BCUT2D eigenvalue weighted by Gasteiger charge is 2.17. The normalized spacial score (nSPS) is 12.0. The molecule has 0 bridgehead atoms. The smallest absolute Gasteiger partial charge is 0.237 e. The standard InChI is InChI=1S/C18H22N2O2/c1-13(2)17(19)18(21)20-12-14-8-6-7-11-16(14)22-15-9-4-3-5-10-15/h3-11,13,17H,12,19H2,1-2H3,(H,20,21)/t17-/m0/s1. The molecule has 2 rings (SSSR count). The number of hydrogen-bond acceptors (Lipinski definition) is 3. The van der Waals surface area contributed by atoms with Gasteiger partial charge in [0.15, 0.2) is 0 Å². The highest BCUT2D eigenvalue weighted by atomic mass is 16.5. The Balaban J connectivity index is 2.04. The summed E-state index contributed by atoms with van der Waals surface area (Å²) >= 11 is 0. The summed E-state index contributed by atoms with van der Waals surface area (Å²) in [5.41, 5.74) is 6.76. The Bertz CT molecular complexity index is 611. The summed E-state index contributed by atoms with van der Waals surface area (Å²) in [6.07, 6.45) is 0. The van der Waals surface area contributed by atoms with Crippen molar-refractivity contribution >= 4 is 5.91 Å². The van der Waals surface area contributed by atoms with Crippen LogP contribution in [0.1, 0.15) is 19.4 Å². The van der Waals surface area contributed by atoms with Gasteiger partial charge in [-0.05, 0) is 24.1 Å². The first-order valence-corrected chi connectivity index (χ1v) is 7.42. The van der Waals surface area contributed by atoms with Crippen LogP contribution in [-0.2, 0) is 11.3 Å². The Hall–Kier alpha value is -2.33. The second-order valence-electron chi connectivity index (χ2n) is 5.51. The third-order valence-electron chi connectivity index (χ3n) is 3.42. The van der Waals surface area contributed by atoms with Crippen LogP contribution in [0.5, 0.6) is 11.5 Å². The van der Waals surface area contributed by atoms with Gasteiger partial charge < -0.3 is 15.8 Å². The van der Waals surface area contributed by atoms with Gasteiger partial charge in [-0.15, -0.1) is 0 Å². The van der Waals surface area contributed by atoms with E-state index < -0.39 is 6.04 Å². The molecule has 1 amide bonds. The van der Waals surface area contributed by atoms with Crippen LogP contribution < -0.4 is 15.8 Å². The molecule has 0 fully saturated rings. The zero-order valence-corrected chi connectivity index (χ0v) is 13.0. The monoisotopic (exact) mass is 298 g/mol. The van der Waals surface area contributed by atoms with Crippen molar-refractivity contribution in [3.8, 4) is 11.5 Å². The lowest BCUT2D eigenvalue weighted by molar-refractivity contribution is -0.123. The van der Waals surface area contributed by atoms with Crippen LogP contribution in [-0.4, -0.2) is 11.9 Å². The van der Waals surface area contributed by atoms with Crippen molar-refractivity contribution in [2.45, 2.75) is 26.4 Å². The highest BCUT2D eigenvalue weighted by Crippen LogP contribution is 2.24. The lowest BCUT2D eigenvalue weighted by Crippen LogP contribution is -2.43. The summed E-state index contributed by atoms with van der Waals surface area (Å²) in [5, 5.41) is 2.86. The van der Waals surface area contributed by atoms with Gasteiger partial charge in [-0.3, -0.25) is 4.79 Å². The van der Waals surface area contributed by atoms with Gasteiger partial charge in [0.2, 0.25) is 5.91 Å². The largest absolute Gasteiger partial charge is 0.457 e. The number of carbonyl (C=O) groups is 1. The number of ether oxygens (including phenoxy) is 1. The Kier molecular flexibility index (Phi) is 5.55. The number of nitrogens with two attached hydrogens (primary N) is 1. The number of para-hydroxylation sites is 2. The maximum atomic E-state index is 12.0. The molecule has 1 atom stereocenters. The summed E-state index contributed by atoms with van der Waals surface area (Å²) in [7, 11) is 0. The molecule has 0 aromatic heterocycles. The number of nitrogens with one attached hydrogen (secondary N) is 1. The van der Waals surface area contributed by atoms with Crippen LogP contribution >= 0.6 is 0 Å². The van der Waals surface area contributed by atoms with E-state index in [0.717, 1.165) is 17.1 Å². The molecule has 2 aromatic carbocycles. The SMILES string of the molecule is CC(C)[C@H](N)C(=O)NCc1ccccc1Oc1ccccc1. The molecule has 3 N–H and O–H groups in total. The van der Waals surface area contributed by atoms with Crippen molar-refractivity contribution in [1.29, 1.82) is 0 Å². The van der Waals surface area contributed by atoms with Gasteiger partial charge in [-0.25, -0.2) is 0 Å². The second kappa shape index (κ2) is 7.61. The third kappa shape index (κ3) is 4.33. The van der Waals surface area contributed by atoms with Crippen LogP contribution in [0.25, 0.3) is 0 Å². The number of amides is 1. The van der Waals surface area contributed by atoms with E-state index in [0.29, 0.717) is 6.54 Å². The molecule has 0 saturated carbocycles. The van der Waals surface area contributed by atoms with Gasteiger partial charge in [0.1, 0.15) is 11.5 Å². The van der Waals surface area contributed by atoms with Crippen molar-refractivity contribution < 1.29 is 9.53 Å². The number of hydrogen-bond donors (Lipinski definition) is 2. The number of carbonyl (C=O) groups excluding carboxylic acids is 1. The average molecular weight is 298 g/mol. The molecular formula is C18H22N2O2. The van der Waals surface area contributed by atoms with Crippen LogP contribution in [0.4, 0.5) is 0 Å². The van der Waals surface area contributed by atoms with Gasteiger partial charge in [-0.2, -0.15) is 0 Å². The zero-order chi connectivity index (χ0) is 15.9. The third-order valence-corrected chi connectivity index (χ3v) is 3.42. The molecule has 4 heteroatoms. The maximum absolute atomic E-state index is 12.0. The van der Waals surface area contributed by atoms with Crippen LogP contribution in [0.3, 0.4) is 0 Å². The van der Waals surface area contributed by atoms with Crippen LogP contribution in [0.2, 0.25) is 0 Å². The predicted octanol–water partition coefficient (Wildman–Crippen LogP) is 3.08. The Morgan fingerprint density at radius 1 is 1.09 bits per heavy atom. The lowest BCUT2D eigenvalue weighted by Gasteiger charge is -2.16. The minimum absolute atomic E-state index is 0.107. The van der Waals surface area contributed by atoms with Crippen molar-refractivity contribution in [3.05, 3.63) is 60.2 Å². The number of rotatable bonds is 6. The number of benzene rings is 2. The van der Waals surface area contributed by atoms with Crippen molar-refractivity contribution in [2.24, 2.45) is 11.7 Å². The summed E-state index contributed by atoms with van der Waals surface area (Å²) in [6.45, 7) is 4.25. The Morgan fingerprint density at radius 3 is 2.41 bits per heavy atom. The van der Waals surface area contributed by atoms with Gasteiger partial charge in [0, 0.05) is 12.1 Å².